The van der Waals surface area contributed by atoms with Gasteiger partial charge in [0.2, 0.25) is 5.91 Å². The molecule has 0 aliphatic heterocycles. The Labute approximate surface area is 138 Å². The molecule has 1 aromatic heterocycles. The molecule has 4 nitrogen and oxygen atoms in total. The second kappa shape index (κ2) is 6.62. The molecule has 0 atom stereocenters. The highest BCUT2D eigenvalue weighted by Gasteiger charge is 2.11. The van der Waals surface area contributed by atoms with E-state index in [1.807, 2.05) is 61.5 Å². The van der Waals surface area contributed by atoms with Crippen molar-refractivity contribution in [2.24, 2.45) is 0 Å². The van der Waals surface area contributed by atoms with Gasteiger partial charge >= 0.3 is 0 Å². The monoisotopic (exact) mass is 324 g/mol. The first kappa shape index (κ1) is 15.2. The van der Waals surface area contributed by atoms with Crippen LogP contribution in [0.2, 0.25) is 0 Å². The lowest BCUT2D eigenvalue weighted by atomic mass is 10.1. The molecule has 116 valence electrons. The molecule has 1 amide bonds. The van der Waals surface area contributed by atoms with E-state index >= 15 is 0 Å². The number of hydrogen-bond donors (Lipinski definition) is 1. The number of benzene rings is 2. The van der Waals surface area contributed by atoms with Crippen molar-refractivity contribution in [1.29, 1.82) is 0 Å². The summed E-state index contributed by atoms with van der Waals surface area (Å²) in [6, 6.07) is 17.5. The number of nitrogens with one attached hydrogen (secondary N) is 1. The van der Waals surface area contributed by atoms with Crippen LogP contribution in [0.4, 0.5) is 5.13 Å². The van der Waals surface area contributed by atoms with Crippen molar-refractivity contribution in [3.8, 4) is 21.9 Å². The van der Waals surface area contributed by atoms with Gasteiger partial charge in [0, 0.05) is 6.92 Å². The van der Waals surface area contributed by atoms with Crippen molar-refractivity contribution in [3.05, 3.63) is 60.3 Å². The van der Waals surface area contributed by atoms with E-state index in [0.717, 1.165) is 27.6 Å². The molecule has 3 aromatic rings. The van der Waals surface area contributed by atoms with E-state index in [0.29, 0.717) is 5.13 Å². The SMILES string of the molecule is CC(=O)Nc1nc(C)c(-c2cccc(Oc3ccccc3)c2)s1. The summed E-state index contributed by atoms with van der Waals surface area (Å²) in [6.07, 6.45) is 0. The zero-order valence-electron chi connectivity index (χ0n) is 12.9. The molecule has 1 N–H and O–H groups in total. The quantitative estimate of drug-likeness (QED) is 0.745. The number of carbonyl (C=O) groups is 1. The number of carbonyl (C=O) groups excluding carboxylic acids is 1. The molecular formula is C18H16N2O2S. The third kappa shape index (κ3) is 3.76. The molecule has 0 saturated heterocycles. The molecule has 1 heterocycles. The van der Waals surface area contributed by atoms with E-state index in [9.17, 15) is 4.79 Å². The molecule has 0 aliphatic carbocycles. The number of ether oxygens (including phenoxy) is 1. The number of nitrogens with zero attached hydrogens (tertiary/aromatic N) is 1. The topological polar surface area (TPSA) is 51.2 Å². The van der Waals surface area contributed by atoms with Crippen LogP contribution < -0.4 is 10.1 Å². The van der Waals surface area contributed by atoms with Crippen molar-refractivity contribution < 1.29 is 9.53 Å². The highest BCUT2D eigenvalue weighted by atomic mass is 32.1. The van der Waals surface area contributed by atoms with Gasteiger partial charge in [-0.15, -0.1) is 0 Å². The number of amides is 1. The Morgan fingerprint density at radius 3 is 2.57 bits per heavy atom. The molecule has 0 fully saturated rings. The Balaban J connectivity index is 1.88. The van der Waals surface area contributed by atoms with Crippen LogP contribution >= 0.6 is 11.3 Å². The number of aryl methyl sites for hydroxylation is 1. The van der Waals surface area contributed by atoms with Crippen LogP contribution in [-0.2, 0) is 4.79 Å². The third-order valence-corrected chi connectivity index (χ3v) is 4.28. The predicted octanol–water partition coefficient (Wildman–Crippen LogP) is 4.87. The summed E-state index contributed by atoms with van der Waals surface area (Å²) in [6.45, 7) is 3.41. The van der Waals surface area contributed by atoms with Gasteiger partial charge in [-0.2, -0.15) is 0 Å². The standard InChI is InChI=1S/C18H16N2O2S/c1-12-17(23-18(19-12)20-13(2)21)14-7-6-10-16(11-14)22-15-8-4-3-5-9-15/h3-11H,1-2H3,(H,19,20,21). The van der Waals surface area contributed by atoms with Crippen molar-refractivity contribution in [2.75, 3.05) is 5.32 Å². The van der Waals surface area contributed by atoms with E-state index in [4.69, 9.17) is 4.74 Å². The predicted molar refractivity (Wildman–Crippen MR) is 93.1 cm³/mol. The molecule has 5 heteroatoms. The summed E-state index contributed by atoms with van der Waals surface area (Å²) < 4.78 is 5.87. The molecule has 0 unspecified atom stereocenters. The first-order chi connectivity index (χ1) is 11.1. The fourth-order valence-corrected chi connectivity index (χ4v) is 3.20. The molecule has 0 bridgehead atoms. The highest BCUT2D eigenvalue weighted by Crippen LogP contribution is 2.35. The summed E-state index contributed by atoms with van der Waals surface area (Å²) >= 11 is 1.46. The fourth-order valence-electron chi connectivity index (χ4n) is 2.19. The molecule has 23 heavy (non-hydrogen) atoms. The first-order valence-corrected chi connectivity index (χ1v) is 8.02. The third-order valence-electron chi connectivity index (χ3n) is 3.15. The second-order valence-corrected chi connectivity index (χ2v) is 6.06. The second-order valence-electron chi connectivity index (χ2n) is 5.06. The van der Waals surface area contributed by atoms with Gasteiger partial charge in [0.15, 0.2) is 5.13 Å². The van der Waals surface area contributed by atoms with Crippen LogP contribution in [0, 0.1) is 6.92 Å². The molecule has 3 rings (SSSR count). The highest BCUT2D eigenvalue weighted by molar-refractivity contribution is 7.19. The van der Waals surface area contributed by atoms with Crippen molar-refractivity contribution in [1.82, 2.24) is 4.98 Å². The number of anilines is 1. The lowest BCUT2D eigenvalue weighted by molar-refractivity contribution is -0.114. The van der Waals surface area contributed by atoms with Gasteiger partial charge in [0.25, 0.3) is 0 Å². The lowest BCUT2D eigenvalue weighted by Gasteiger charge is -2.07. The fraction of sp³-hybridized carbons (Fsp3) is 0.111. The van der Waals surface area contributed by atoms with Crippen LogP contribution in [0.1, 0.15) is 12.6 Å². The summed E-state index contributed by atoms with van der Waals surface area (Å²) in [5, 5.41) is 3.34. The molecule has 0 saturated carbocycles. The average Bonchev–Trinajstić information content (AvgIpc) is 2.88. The van der Waals surface area contributed by atoms with E-state index in [-0.39, 0.29) is 5.91 Å². The summed E-state index contributed by atoms with van der Waals surface area (Å²) in [4.78, 5) is 16.6. The Kier molecular flexibility index (Phi) is 4.39. The van der Waals surface area contributed by atoms with Crippen LogP contribution in [-0.4, -0.2) is 10.9 Å². The minimum Gasteiger partial charge on any atom is -0.457 e. The van der Waals surface area contributed by atoms with Crippen LogP contribution in [0.25, 0.3) is 10.4 Å². The largest absolute Gasteiger partial charge is 0.457 e. The Morgan fingerprint density at radius 2 is 1.83 bits per heavy atom. The van der Waals surface area contributed by atoms with Crippen molar-refractivity contribution in [3.63, 3.8) is 0 Å². The van der Waals surface area contributed by atoms with Gasteiger partial charge in [0.1, 0.15) is 11.5 Å². The van der Waals surface area contributed by atoms with Crippen LogP contribution in [0.15, 0.2) is 54.6 Å². The number of aromatic nitrogens is 1. The summed E-state index contributed by atoms with van der Waals surface area (Å²) in [7, 11) is 0. The van der Waals surface area contributed by atoms with E-state index in [1.54, 1.807) is 0 Å². The number of hydrogen-bond acceptors (Lipinski definition) is 4. The molecule has 2 aromatic carbocycles. The Morgan fingerprint density at radius 1 is 1.09 bits per heavy atom. The number of rotatable bonds is 4. The van der Waals surface area contributed by atoms with Crippen LogP contribution in [0.3, 0.4) is 0 Å². The van der Waals surface area contributed by atoms with Gasteiger partial charge in [-0.05, 0) is 36.8 Å². The maximum atomic E-state index is 11.2. The van der Waals surface area contributed by atoms with E-state index in [2.05, 4.69) is 10.3 Å². The maximum Gasteiger partial charge on any atom is 0.223 e. The molecule has 0 aliphatic rings. The van der Waals surface area contributed by atoms with Crippen LogP contribution in [0.5, 0.6) is 11.5 Å². The van der Waals surface area contributed by atoms with Crippen molar-refractivity contribution >= 4 is 22.4 Å². The minimum absolute atomic E-state index is 0.119. The molecule has 0 spiro atoms. The van der Waals surface area contributed by atoms with E-state index < -0.39 is 0 Å². The Hall–Kier alpha value is -2.66. The average molecular weight is 324 g/mol. The van der Waals surface area contributed by atoms with Gasteiger partial charge < -0.3 is 10.1 Å². The number of para-hydroxylation sites is 1. The normalized spacial score (nSPS) is 10.3. The van der Waals surface area contributed by atoms with Gasteiger partial charge in [-0.1, -0.05) is 41.7 Å². The zero-order chi connectivity index (χ0) is 16.2. The molecule has 0 radical (unpaired) electrons. The first-order valence-electron chi connectivity index (χ1n) is 7.20. The number of thiazole rings is 1. The van der Waals surface area contributed by atoms with Gasteiger partial charge in [-0.25, -0.2) is 4.98 Å². The smallest absolute Gasteiger partial charge is 0.223 e. The van der Waals surface area contributed by atoms with Crippen molar-refractivity contribution in [2.45, 2.75) is 13.8 Å². The van der Waals surface area contributed by atoms with Gasteiger partial charge in [-0.3, -0.25) is 4.79 Å². The lowest BCUT2D eigenvalue weighted by Crippen LogP contribution is -2.04. The molecular weight excluding hydrogens is 308 g/mol. The minimum atomic E-state index is -0.119. The maximum absolute atomic E-state index is 11.2. The van der Waals surface area contributed by atoms with Gasteiger partial charge in [0.05, 0.1) is 10.6 Å². The summed E-state index contributed by atoms with van der Waals surface area (Å²) in [5.74, 6) is 1.44. The zero-order valence-corrected chi connectivity index (χ0v) is 13.7. The Bertz CT molecular complexity index is 828. The summed E-state index contributed by atoms with van der Waals surface area (Å²) in [5.41, 5.74) is 1.90. The van der Waals surface area contributed by atoms with E-state index in [1.165, 1.54) is 18.3 Å².